The van der Waals surface area contributed by atoms with Crippen LogP contribution in [0.5, 0.6) is 0 Å². The van der Waals surface area contributed by atoms with Crippen molar-refractivity contribution in [2.75, 3.05) is 13.2 Å². The summed E-state index contributed by atoms with van der Waals surface area (Å²) in [5.41, 5.74) is 0. The molecule has 1 heterocycles. The third kappa shape index (κ3) is 10.9. The first-order valence-electron chi connectivity index (χ1n) is 4.31. The van der Waals surface area contributed by atoms with Crippen LogP contribution in [0, 0.1) is 0 Å². The Morgan fingerprint density at radius 3 is 1.36 bits per heavy atom. The maximum Gasteiger partial charge on any atom is 0.303 e. The van der Waals surface area contributed by atoms with Crippen LogP contribution in [0.25, 0.3) is 0 Å². The van der Waals surface area contributed by atoms with E-state index in [1.807, 2.05) is 0 Å². The van der Waals surface area contributed by atoms with E-state index < -0.39 is 11.9 Å². The quantitative estimate of drug-likeness (QED) is 0.507. The molecule has 0 amide bonds. The molecule has 0 bridgehead atoms. The van der Waals surface area contributed by atoms with Gasteiger partial charge in [-0.25, -0.2) is 9.78 Å². The van der Waals surface area contributed by atoms with Gasteiger partial charge in [-0.15, -0.1) is 0 Å². The lowest BCUT2D eigenvalue weighted by Gasteiger charge is -2.08. The molecule has 0 saturated carbocycles. The summed E-state index contributed by atoms with van der Waals surface area (Å²) in [6.07, 6.45) is 1.02. The summed E-state index contributed by atoms with van der Waals surface area (Å²) >= 11 is 0. The third-order valence-corrected chi connectivity index (χ3v) is 1.36. The van der Waals surface area contributed by atoms with Gasteiger partial charge in [-0.1, -0.05) is 0 Å². The van der Waals surface area contributed by atoms with Crippen molar-refractivity contribution >= 4 is 11.9 Å². The summed E-state index contributed by atoms with van der Waals surface area (Å²) in [6.45, 7) is 1.56. The number of carboxylic acid groups (broad SMARTS) is 2. The second-order valence-electron chi connectivity index (χ2n) is 2.64. The summed E-state index contributed by atoms with van der Waals surface area (Å²) in [4.78, 5) is 28.2. The molecule has 0 aromatic heterocycles. The number of carboxylic acids is 2. The molecule has 1 saturated heterocycles. The fourth-order valence-electron chi connectivity index (χ4n) is 0.636. The topological polar surface area (TPSA) is 93.1 Å². The lowest BCUT2D eigenvalue weighted by molar-refractivity contribution is -0.382. The largest absolute Gasteiger partial charge is 0.481 e. The highest BCUT2D eigenvalue weighted by atomic mass is 17.2. The average Bonchev–Trinajstić information content (AvgIpc) is 1.94. The molecular formula is C8H14O6. The Kier molecular flexibility index (Phi) is 7.77. The van der Waals surface area contributed by atoms with Gasteiger partial charge in [-0.2, -0.15) is 0 Å². The first-order valence-corrected chi connectivity index (χ1v) is 4.31. The van der Waals surface area contributed by atoms with E-state index in [0.29, 0.717) is 12.8 Å². The maximum absolute atomic E-state index is 9.90. The van der Waals surface area contributed by atoms with Crippen LogP contribution in [0.4, 0.5) is 0 Å². The maximum atomic E-state index is 9.90. The lowest BCUT2D eigenvalue weighted by Crippen LogP contribution is -2.14. The zero-order valence-corrected chi connectivity index (χ0v) is 7.77. The molecule has 0 aromatic carbocycles. The van der Waals surface area contributed by atoms with Gasteiger partial charge in [0.2, 0.25) is 0 Å². The number of hydrogen-bond acceptors (Lipinski definition) is 4. The van der Waals surface area contributed by atoms with E-state index in [4.69, 9.17) is 10.2 Å². The highest BCUT2D eigenvalue weighted by Gasteiger charge is 1.99. The zero-order chi connectivity index (χ0) is 10.8. The number of aliphatic carboxylic acids is 2. The molecule has 0 aromatic rings. The van der Waals surface area contributed by atoms with E-state index in [-0.39, 0.29) is 12.8 Å². The molecule has 6 nitrogen and oxygen atoms in total. The minimum absolute atomic E-state index is 0.0628. The molecule has 0 spiro atoms. The number of rotatable bonds is 5. The Labute approximate surface area is 81.4 Å². The molecule has 1 fully saturated rings. The molecule has 14 heavy (non-hydrogen) atoms. The van der Waals surface area contributed by atoms with Gasteiger partial charge >= 0.3 is 11.9 Å². The molecule has 0 unspecified atom stereocenters. The smallest absolute Gasteiger partial charge is 0.303 e. The summed E-state index contributed by atoms with van der Waals surface area (Å²) in [7, 11) is 0. The number of unbranched alkanes of at least 4 members (excludes halogenated alkanes) is 1. The number of hydrogen-bond donors (Lipinski definition) is 2. The minimum Gasteiger partial charge on any atom is -0.481 e. The molecule has 1 rings (SSSR count). The Hall–Kier alpha value is -1.14. The average molecular weight is 206 g/mol. The van der Waals surface area contributed by atoms with Gasteiger partial charge in [0.1, 0.15) is 13.2 Å². The summed E-state index contributed by atoms with van der Waals surface area (Å²) in [5.74, 6) is -1.74. The van der Waals surface area contributed by atoms with Crippen molar-refractivity contribution in [2.45, 2.75) is 25.7 Å². The van der Waals surface area contributed by atoms with Crippen LogP contribution in [0.1, 0.15) is 25.7 Å². The standard InChI is InChI=1S/C6H10O4.C2H4O2/c7-5(8)3-1-2-4-6(9)10;1-2-4-3-1/h1-4H2,(H,7,8)(H,9,10);1-2H2. The van der Waals surface area contributed by atoms with Gasteiger partial charge in [0.05, 0.1) is 0 Å². The first kappa shape index (κ1) is 12.9. The molecule has 2 N–H and O–H groups in total. The van der Waals surface area contributed by atoms with Crippen molar-refractivity contribution in [1.29, 1.82) is 0 Å². The van der Waals surface area contributed by atoms with Gasteiger partial charge in [0.15, 0.2) is 0 Å². The molecule has 1 aliphatic rings. The predicted octanol–water partition coefficient (Wildman–Crippen LogP) is 0.664. The van der Waals surface area contributed by atoms with Crippen molar-refractivity contribution in [2.24, 2.45) is 0 Å². The van der Waals surface area contributed by atoms with E-state index in [1.54, 1.807) is 0 Å². The predicted molar refractivity (Wildman–Crippen MR) is 45.6 cm³/mol. The summed E-state index contributed by atoms with van der Waals surface area (Å²) in [5, 5.41) is 16.3. The lowest BCUT2D eigenvalue weighted by atomic mass is 10.2. The SMILES string of the molecule is C1COO1.O=C(O)CCCCC(=O)O. The van der Waals surface area contributed by atoms with Crippen LogP contribution in [0.2, 0.25) is 0 Å². The van der Waals surface area contributed by atoms with Crippen LogP contribution < -0.4 is 0 Å². The molecule has 1 aliphatic heterocycles. The third-order valence-electron chi connectivity index (χ3n) is 1.36. The van der Waals surface area contributed by atoms with Crippen molar-refractivity contribution in [3.63, 3.8) is 0 Å². The first-order chi connectivity index (χ1) is 6.63. The fraction of sp³-hybridized carbons (Fsp3) is 0.750. The van der Waals surface area contributed by atoms with E-state index in [9.17, 15) is 9.59 Å². The van der Waals surface area contributed by atoms with Crippen molar-refractivity contribution in [3.05, 3.63) is 0 Å². The van der Waals surface area contributed by atoms with Crippen molar-refractivity contribution in [3.8, 4) is 0 Å². The molecular weight excluding hydrogens is 192 g/mol. The zero-order valence-electron chi connectivity index (χ0n) is 7.77. The monoisotopic (exact) mass is 206 g/mol. The Morgan fingerprint density at radius 2 is 1.21 bits per heavy atom. The molecule has 82 valence electrons. The van der Waals surface area contributed by atoms with Gasteiger partial charge < -0.3 is 10.2 Å². The van der Waals surface area contributed by atoms with Crippen molar-refractivity contribution < 1.29 is 29.6 Å². The van der Waals surface area contributed by atoms with Gasteiger partial charge in [0, 0.05) is 12.8 Å². The van der Waals surface area contributed by atoms with Crippen LogP contribution in [-0.2, 0) is 19.4 Å². The van der Waals surface area contributed by atoms with Crippen LogP contribution >= 0.6 is 0 Å². The molecule has 0 aliphatic carbocycles. The second-order valence-corrected chi connectivity index (χ2v) is 2.64. The van der Waals surface area contributed by atoms with E-state index in [1.165, 1.54) is 0 Å². The molecule has 6 heteroatoms. The number of carbonyl (C=O) groups is 2. The van der Waals surface area contributed by atoms with E-state index >= 15 is 0 Å². The highest BCUT2D eigenvalue weighted by Crippen LogP contribution is 1.98. The van der Waals surface area contributed by atoms with Gasteiger partial charge in [-0.3, -0.25) is 9.59 Å². The molecule has 0 radical (unpaired) electrons. The highest BCUT2D eigenvalue weighted by molar-refractivity contribution is 5.67. The van der Waals surface area contributed by atoms with Crippen LogP contribution in [0.15, 0.2) is 0 Å². The van der Waals surface area contributed by atoms with Gasteiger partial charge in [0.25, 0.3) is 0 Å². The van der Waals surface area contributed by atoms with E-state index in [2.05, 4.69) is 9.78 Å². The molecule has 0 atom stereocenters. The van der Waals surface area contributed by atoms with Gasteiger partial charge in [-0.05, 0) is 12.8 Å². The summed E-state index contributed by atoms with van der Waals surface area (Å²) in [6, 6.07) is 0. The van der Waals surface area contributed by atoms with Crippen LogP contribution in [0.3, 0.4) is 0 Å². The van der Waals surface area contributed by atoms with E-state index in [0.717, 1.165) is 13.2 Å². The second kappa shape index (κ2) is 8.46. The minimum atomic E-state index is -0.870. The Bertz CT molecular complexity index is 155. The van der Waals surface area contributed by atoms with Crippen molar-refractivity contribution in [1.82, 2.24) is 0 Å². The Balaban J connectivity index is 0.000000344. The summed E-state index contributed by atoms with van der Waals surface area (Å²) < 4.78 is 0. The Morgan fingerprint density at radius 1 is 0.929 bits per heavy atom. The normalized spacial score (nSPS) is 13.4. The van der Waals surface area contributed by atoms with Crippen LogP contribution in [-0.4, -0.2) is 35.4 Å². The fourth-order valence-corrected chi connectivity index (χ4v) is 0.636.